The van der Waals surface area contributed by atoms with E-state index in [0.717, 1.165) is 12.0 Å². The summed E-state index contributed by atoms with van der Waals surface area (Å²) in [6.07, 6.45) is 4.65. The van der Waals surface area contributed by atoms with Crippen molar-refractivity contribution in [2.75, 3.05) is 0 Å². The third-order valence-corrected chi connectivity index (χ3v) is 1.43. The second-order valence-corrected chi connectivity index (χ2v) is 3.16. The van der Waals surface area contributed by atoms with E-state index >= 15 is 0 Å². The molecule has 0 fully saturated rings. The van der Waals surface area contributed by atoms with Crippen molar-refractivity contribution in [3.05, 3.63) is 24.3 Å². The molecule has 0 amide bonds. The topological polar surface area (TPSA) is 37.3 Å². The summed E-state index contributed by atoms with van der Waals surface area (Å²) in [5.41, 5.74) is 1.13. The maximum absolute atomic E-state index is 10.1. The summed E-state index contributed by atoms with van der Waals surface area (Å²) in [4.78, 5) is 10.1. The summed E-state index contributed by atoms with van der Waals surface area (Å²) >= 11 is 0. The van der Waals surface area contributed by atoms with Gasteiger partial charge in [0.15, 0.2) is 0 Å². The highest BCUT2D eigenvalue weighted by molar-refractivity contribution is 5.68. The Hall–Kier alpha value is -1.05. The molecule has 2 nitrogen and oxygen atoms in total. The monoisotopic (exact) mass is 168 g/mol. The Kier molecular flexibility index (Phi) is 5.09. The summed E-state index contributed by atoms with van der Waals surface area (Å²) < 4.78 is 0. The van der Waals surface area contributed by atoms with Gasteiger partial charge < -0.3 is 5.11 Å². The van der Waals surface area contributed by atoms with Gasteiger partial charge >= 0.3 is 5.97 Å². The number of rotatable bonds is 5. The summed E-state index contributed by atoms with van der Waals surface area (Å²) in [5, 5.41) is 8.34. The normalized spacial score (nSPS) is 13.2. The molecule has 68 valence electrons. The number of carboxylic acids is 1. The first-order chi connectivity index (χ1) is 5.52. The van der Waals surface area contributed by atoms with E-state index in [1.54, 1.807) is 6.08 Å². The van der Waals surface area contributed by atoms with Crippen LogP contribution in [0.3, 0.4) is 0 Å². The first kappa shape index (κ1) is 11.0. The van der Waals surface area contributed by atoms with E-state index in [2.05, 4.69) is 6.58 Å². The second kappa shape index (κ2) is 5.58. The van der Waals surface area contributed by atoms with Crippen LogP contribution in [0.5, 0.6) is 0 Å². The summed E-state index contributed by atoms with van der Waals surface area (Å²) in [6, 6.07) is 0. The van der Waals surface area contributed by atoms with Crippen LogP contribution in [-0.2, 0) is 4.79 Å². The fourth-order valence-electron chi connectivity index (χ4n) is 1.02. The fourth-order valence-corrected chi connectivity index (χ4v) is 1.02. The smallest absolute Gasteiger partial charge is 0.307 e. The number of hydrogen-bond acceptors (Lipinski definition) is 1. The van der Waals surface area contributed by atoms with Crippen LogP contribution >= 0.6 is 0 Å². The molecule has 0 aliphatic heterocycles. The third-order valence-electron chi connectivity index (χ3n) is 1.43. The Labute approximate surface area is 73.6 Å². The van der Waals surface area contributed by atoms with Crippen LogP contribution in [0.4, 0.5) is 0 Å². The van der Waals surface area contributed by atoms with E-state index < -0.39 is 5.97 Å². The van der Waals surface area contributed by atoms with Gasteiger partial charge in [-0.05, 0) is 19.3 Å². The Morgan fingerprint density at radius 2 is 2.25 bits per heavy atom. The molecule has 0 heterocycles. The number of carboxylic acid groups (broad SMARTS) is 1. The van der Waals surface area contributed by atoms with Crippen molar-refractivity contribution in [3.8, 4) is 0 Å². The molecule has 0 aromatic rings. The van der Waals surface area contributed by atoms with Crippen LogP contribution in [-0.4, -0.2) is 11.1 Å². The number of aliphatic carboxylic acids is 1. The highest BCUT2D eigenvalue weighted by Gasteiger charge is 1.97. The van der Waals surface area contributed by atoms with Gasteiger partial charge in [-0.2, -0.15) is 0 Å². The van der Waals surface area contributed by atoms with Gasteiger partial charge in [0.25, 0.3) is 0 Å². The summed E-state index contributed by atoms with van der Waals surface area (Å²) in [7, 11) is 0. The van der Waals surface area contributed by atoms with Crippen LogP contribution in [0.1, 0.15) is 26.7 Å². The molecule has 2 heteroatoms. The van der Waals surface area contributed by atoms with Crippen molar-refractivity contribution >= 4 is 5.97 Å². The molecule has 0 bridgehead atoms. The second-order valence-electron chi connectivity index (χ2n) is 3.16. The summed E-state index contributed by atoms with van der Waals surface area (Å²) in [5.74, 6) is -0.393. The first-order valence-corrected chi connectivity index (χ1v) is 4.05. The van der Waals surface area contributed by atoms with Crippen molar-refractivity contribution in [1.82, 2.24) is 0 Å². The Balaban J connectivity index is 3.67. The van der Waals surface area contributed by atoms with Crippen LogP contribution < -0.4 is 0 Å². The zero-order valence-corrected chi connectivity index (χ0v) is 7.71. The van der Waals surface area contributed by atoms with Crippen molar-refractivity contribution < 1.29 is 9.90 Å². The first-order valence-electron chi connectivity index (χ1n) is 4.05. The maximum atomic E-state index is 10.1. The molecule has 1 atom stereocenters. The van der Waals surface area contributed by atoms with Crippen molar-refractivity contribution in [2.45, 2.75) is 26.7 Å². The molecular formula is C10H16O2. The molecule has 0 rings (SSSR count). The van der Waals surface area contributed by atoms with E-state index in [1.807, 2.05) is 19.9 Å². The number of allylic oxidation sites excluding steroid dienone is 2. The lowest BCUT2D eigenvalue weighted by Gasteiger charge is -2.03. The van der Waals surface area contributed by atoms with E-state index in [0.29, 0.717) is 5.92 Å². The average Bonchev–Trinajstić information content (AvgIpc) is 1.84. The van der Waals surface area contributed by atoms with Gasteiger partial charge in [0.2, 0.25) is 0 Å². The lowest BCUT2D eigenvalue weighted by molar-refractivity contribution is -0.136. The summed E-state index contributed by atoms with van der Waals surface area (Å²) in [6.45, 7) is 7.81. The highest BCUT2D eigenvalue weighted by atomic mass is 16.4. The van der Waals surface area contributed by atoms with Gasteiger partial charge in [0.05, 0.1) is 6.42 Å². The number of hydrogen-bond donors (Lipinski definition) is 1. The Morgan fingerprint density at radius 1 is 1.67 bits per heavy atom. The van der Waals surface area contributed by atoms with Crippen LogP contribution in [0.25, 0.3) is 0 Å². The van der Waals surface area contributed by atoms with Crippen molar-refractivity contribution in [3.63, 3.8) is 0 Å². The zero-order valence-electron chi connectivity index (χ0n) is 7.71. The quantitative estimate of drug-likeness (QED) is 0.641. The van der Waals surface area contributed by atoms with Gasteiger partial charge in [0.1, 0.15) is 0 Å². The van der Waals surface area contributed by atoms with Gasteiger partial charge in [-0.25, -0.2) is 0 Å². The molecule has 0 radical (unpaired) electrons. The minimum Gasteiger partial charge on any atom is -0.481 e. The minimum atomic E-state index is -0.784. The zero-order chi connectivity index (χ0) is 9.56. The molecule has 0 aliphatic rings. The van der Waals surface area contributed by atoms with Gasteiger partial charge in [-0.3, -0.25) is 4.79 Å². The van der Waals surface area contributed by atoms with Gasteiger partial charge in [-0.15, -0.1) is 6.58 Å². The Morgan fingerprint density at radius 3 is 2.67 bits per heavy atom. The molecule has 0 saturated carbocycles. The largest absolute Gasteiger partial charge is 0.481 e. The SMILES string of the molecule is C=C(C)CC(C)/C=C/CC(=O)O. The van der Waals surface area contributed by atoms with E-state index in [1.165, 1.54) is 0 Å². The van der Waals surface area contributed by atoms with E-state index in [9.17, 15) is 4.79 Å². The van der Waals surface area contributed by atoms with E-state index in [-0.39, 0.29) is 6.42 Å². The highest BCUT2D eigenvalue weighted by Crippen LogP contribution is 2.10. The molecule has 0 spiro atoms. The molecule has 12 heavy (non-hydrogen) atoms. The minimum absolute atomic E-state index is 0.112. The van der Waals surface area contributed by atoms with Crippen LogP contribution in [0, 0.1) is 5.92 Å². The van der Waals surface area contributed by atoms with Crippen LogP contribution in [0.2, 0.25) is 0 Å². The molecule has 0 aromatic heterocycles. The van der Waals surface area contributed by atoms with Gasteiger partial charge in [-0.1, -0.05) is 24.6 Å². The van der Waals surface area contributed by atoms with Crippen LogP contribution in [0.15, 0.2) is 24.3 Å². The van der Waals surface area contributed by atoms with Gasteiger partial charge in [0, 0.05) is 0 Å². The molecule has 1 unspecified atom stereocenters. The molecule has 0 saturated heterocycles. The lowest BCUT2D eigenvalue weighted by atomic mass is 10.0. The molecular weight excluding hydrogens is 152 g/mol. The van der Waals surface area contributed by atoms with Crippen molar-refractivity contribution in [1.29, 1.82) is 0 Å². The molecule has 1 N–H and O–H groups in total. The standard InChI is InChI=1S/C10H16O2/c1-8(2)7-9(3)5-4-6-10(11)12/h4-5,9H,1,6-7H2,2-3H3,(H,11,12)/b5-4+. The Bertz CT molecular complexity index is 192. The molecule has 0 aromatic carbocycles. The average molecular weight is 168 g/mol. The van der Waals surface area contributed by atoms with Crippen molar-refractivity contribution in [2.24, 2.45) is 5.92 Å². The lowest BCUT2D eigenvalue weighted by Crippen LogP contribution is -1.93. The number of carbonyl (C=O) groups is 1. The third kappa shape index (κ3) is 7.06. The predicted molar refractivity (Wildman–Crippen MR) is 50.0 cm³/mol. The fraction of sp³-hybridized carbons (Fsp3) is 0.500. The van der Waals surface area contributed by atoms with E-state index in [4.69, 9.17) is 5.11 Å². The maximum Gasteiger partial charge on any atom is 0.307 e. The predicted octanol–water partition coefficient (Wildman–Crippen LogP) is 2.62. The molecule has 0 aliphatic carbocycles.